The Hall–Kier alpha value is -3.44. The third-order valence-electron chi connectivity index (χ3n) is 5.79. The number of hydrogen-bond acceptors (Lipinski definition) is 10. The molecule has 188 valence electrons. The van der Waals surface area contributed by atoms with Crippen molar-refractivity contribution in [2.75, 3.05) is 36.2 Å². The third kappa shape index (κ3) is 5.52. The SMILES string of the molecule is CCOc1ccccc1OC1CCCN(c2cncc(Nc3nc4ccc(S(C)(=O)=O)cc4s3)n2)C1. The van der Waals surface area contributed by atoms with Crippen LogP contribution in [0.2, 0.25) is 0 Å². The second kappa shape index (κ2) is 10.3. The highest BCUT2D eigenvalue weighted by Crippen LogP contribution is 2.31. The van der Waals surface area contributed by atoms with Gasteiger partial charge in [-0.2, -0.15) is 0 Å². The van der Waals surface area contributed by atoms with Crippen molar-refractivity contribution in [2.24, 2.45) is 0 Å². The van der Waals surface area contributed by atoms with Crippen LogP contribution in [-0.2, 0) is 9.84 Å². The molecule has 0 saturated carbocycles. The topological polar surface area (TPSA) is 107 Å². The van der Waals surface area contributed by atoms with E-state index in [9.17, 15) is 8.42 Å². The number of ether oxygens (including phenoxy) is 2. The molecule has 2 aromatic carbocycles. The third-order valence-corrected chi connectivity index (χ3v) is 7.83. The Morgan fingerprint density at radius 2 is 1.97 bits per heavy atom. The van der Waals surface area contributed by atoms with E-state index in [0.717, 1.165) is 46.9 Å². The van der Waals surface area contributed by atoms with Gasteiger partial charge < -0.3 is 19.7 Å². The van der Waals surface area contributed by atoms with E-state index in [1.54, 1.807) is 30.6 Å². The number of hydrogen-bond donors (Lipinski definition) is 1. The summed E-state index contributed by atoms with van der Waals surface area (Å²) in [4.78, 5) is 16.1. The van der Waals surface area contributed by atoms with Crippen molar-refractivity contribution in [3.63, 3.8) is 0 Å². The van der Waals surface area contributed by atoms with E-state index in [1.165, 1.54) is 17.6 Å². The number of anilines is 3. The van der Waals surface area contributed by atoms with Crippen molar-refractivity contribution in [3.05, 3.63) is 54.9 Å². The lowest BCUT2D eigenvalue weighted by Crippen LogP contribution is -2.41. The van der Waals surface area contributed by atoms with Crippen LogP contribution < -0.4 is 19.7 Å². The molecule has 9 nitrogen and oxygen atoms in total. The Morgan fingerprint density at radius 3 is 2.78 bits per heavy atom. The van der Waals surface area contributed by atoms with E-state index in [4.69, 9.17) is 14.5 Å². The predicted octanol–water partition coefficient (Wildman–Crippen LogP) is 4.68. The summed E-state index contributed by atoms with van der Waals surface area (Å²) in [6.07, 6.45) is 6.52. The molecule has 1 unspecified atom stereocenters. The van der Waals surface area contributed by atoms with E-state index in [2.05, 4.69) is 20.2 Å². The highest BCUT2D eigenvalue weighted by atomic mass is 32.2. The summed E-state index contributed by atoms with van der Waals surface area (Å²) >= 11 is 1.37. The van der Waals surface area contributed by atoms with Crippen molar-refractivity contribution in [2.45, 2.75) is 30.8 Å². The fourth-order valence-electron chi connectivity index (χ4n) is 4.11. The number of aromatic nitrogens is 3. The van der Waals surface area contributed by atoms with Gasteiger partial charge in [0.1, 0.15) is 11.9 Å². The fourth-order valence-corrected chi connectivity index (χ4v) is 5.74. The molecule has 1 atom stereocenters. The minimum Gasteiger partial charge on any atom is -0.490 e. The number of nitrogens with one attached hydrogen (secondary N) is 1. The lowest BCUT2D eigenvalue weighted by atomic mass is 10.1. The lowest BCUT2D eigenvalue weighted by Gasteiger charge is -2.33. The second-order valence-corrected chi connectivity index (χ2v) is 11.6. The summed E-state index contributed by atoms with van der Waals surface area (Å²) < 4.78 is 36.5. The van der Waals surface area contributed by atoms with Crippen LogP contribution in [0.3, 0.4) is 0 Å². The average Bonchev–Trinajstić information content (AvgIpc) is 3.27. The van der Waals surface area contributed by atoms with Gasteiger partial charge in [-0.05, 0) is 50.1 Å². The smallest absolute Gasteiger partial charge is 0.189 e. The number of nitrogens with zero attached hydrogens (tertiary/aromatic N) is 4. The summed E-state index contributed by atoms with van der Waals surface area (Å²) in [5.41, 5.74) is 0.724. The summed E-state index contributed by atoms with van der Waals surface area (Å²) in [6.45, 7) is 4.09. The molecule has 3 heterocycles. The maximum absolute atomic E-state index is 11.9. The summed E-state index contributed by atoms with van der Waals surface area (Å²) in [5.74, 6) is 2.83. The van der Waals surface area contributed by atoms with Gasteiger partial charge >= 0.3 is 0 Å². The normalized spacial score (nSPS) is 16.2. The Labute approximate surface area is 214 Å². The van der Waals surface area contributed by atoms with Gasteiger partial charge in [0.15, 0.2) is 32.3 Å². The molecule has 0 bridgehead atoms. The Balaban J connectivity index is 1.29. The van der Waals surface area contributed by atoms with E-state index < -0.39 is 9.84 Å². The molecule has 0 spiro atoms. The fraction of sp³-hybridized carbons (Fsp3) is 0.320. The van der Waals surface area contributed by atoms with Gasteiger partial charge in [-0.3, -0.25) is 4.98 Å². The molecule has 4 aromatic rings. The van der Waals surface area contributed by atoms with Gasteiger partial charge in [0, 0.05) is 12.8 Å². The van der Waals surface area contributed by atoms with Crippen molar-refractivity contribution < 1.29 is 17.9 Å². The molecule has 1 N–H and O–H groups in total. The van der Waals surface area contributed by atoms with Gasteiger partial charge in [0.05, 0.1) is 40.7 Å². The molecule has 2 aromatic heterocycles. The first-order valence-electron chi connectivity index (χ1n) is 11.7. The number of piperidine rings is 1. The number of fused-ring (bicyclic) bond motifs is 1. The summed E-state index contributed by atoms with van der Waals surface area (Å²) in [7, 11) is -3.28. The van der Waals surface area contributed by atoms with E-state index in [-0.39, 0.29) is 11.0 Å². The molecule has 36 heavy (non-hydrogen) atoms. The van der Waals surface area contributed by atoms with Crippen LogP contribution >= 0.6 is 11.3 Å². The molecule has 0 aliphatic carbocycles. The molecule has 0 radical (unpaired) electrons. The number of sulfone groups is 1. The maximum Gasteiger partial charge on any atom is 0.189 e. The number of thiazole rings is 1. The molecule has 5 rings (SSSR count). The van der Waals surface area contributed by atoms with Crippen molar-refractivity contribution in [1.29, 1.82) is 0 Å². The monoisotopic (exact) mass is 525 g/mol. The van der Waals surface area contributed by atoms with Crippen LogP contribution in [0.5, 0.6) is 11.5 Å². The van der Waals surface area contributed by atoms with Gasteiger partial charge in [0.2, 0.25) is 0 Å². The van der Waals surface area contributed by atoms with E-state index in [0.29, 0.717) is 24.1 Å². The zero-order chi connectivity index (χ0) is 25.1. The molecule has 1 fully saturated rings. The van der Waals surface area contributed by atoms with Crippen LogP contribution in [0.25, 0.3) is 10.2 Å². The zero-order valence-corrected chi connectivity index (χ0v) is 21.7. The van der Waals surface area contributed by atoms with Gasteiger partial charge in [0.25, 0.3) is 0 Å². The van der Waals surface area contributed by atoms with Gasteiger partial charge in [-0.25, -0.2) is 18.4 Å². The number of benzene rings is 2. The predicted molar refractivity (Wildman–Crippen MR) is 142 cm³/mol. The number of para-hydroxylation sites is 2. The first kappa shape index (κ1) is 24.3. The number of rotatable bonds is 8. The molecular formula is C25H27N5O4S2. The summed E-state index contributed by atoms with van der Waals surface area (Å²) in [5, 5.41) is 3.83. The van der Waals surface area contributed by atoms with Crippen LogP contribution in [0.15, 0.2) is 59.8 Å². The molecule has 1 saturated heterocycles. The van der Waals surface area contributed by atoms with Crippen molar-refractivity contribution in [3.8, 4) is 11.5 Å². The molecule has 0 amide bonds. The van der Waals surface area contributed by atoms with Crippen LogP contribution in [0.4, 0.5) is 16.8 Å². The van der Waals surface area contributed by atoms with Crippen LogP contribution in [0.1, 0.15) is 19.8 Å². The second-order valence-electron chi connectivity index (χ2n) is 8.52. The standard InChI is InChI=1S/C25H27N5O4S2/c1-3-33-20-8-4-5-9-21(20)34-17-7-6-12-30(16-17)24-15-26-14-23(28-24)29-25-27-19-11-10-18(36(2,31)32)13-22(19)35-25/h4-5,8-11,13-15,17H,3,6-7,12,16H2,1-2H3,(H,27,28,29). The average molecular weight is 526 g/mol. The van der Waals surface area contributed by atoms with Crippen LogP contribution in [-0.4, -0.2) is 55.4 Å². The van der Waals surface area contributed by atoms with Crippen LogP contribution in [0, 0.1) is 0 Å². The van der Waals surface area contributed by atoms with Crippen molar-refractivity contribution >= 4 is 48.2 Å². The first-order valence-corrected chi connectivity index (χ1v) is 14.4. The molecule has 11 heteroatoms. The Kier molecular flexibility index (Phi) is 6.92. The molecule has 1 aliphatic rings. The molecule has 1 aliphatic heterocycles. The molecular weight excluding hydrogens is 498 g/mol. The quantitative estimate of drug-likeness (QED) is 0.351. The van der Waals surface area contributed by atoms with E-state index in [1.807, 2.05) is 31.2 Å². The van der Waals surface area contributed by atoms with Gasteiger partial charge in [-0.15, -0.1) is 0 Å². The first-order chi connectivity index (χ1) is 17.4. The minimum atomic E-state index is -3.28. The largest absolute Gasteiger partial charge is 0.490 e. The van der Waals surface area contributed by atoms with E-state index >= 15 is 0 Å². The van der Waals surface area contributed by atoms with Crippen molar-refractivity contribution in [1.82, 2.24) is 15.0 Å². The zero-order valence-electron chi connectivity index (χ0n) is 20.0. The maximum atomic E-state index is 11.9. The highest BCUT2D eigenvalue weighted by molar-refractivity contribution is 7.90. The lowest BCUT2D eigenvalue weighted by molar-refractivity contribution is 0.170. The Bertz CT molecular complexity index is 1470. The summed E-state index contributed by atoms with van der Waals surface area (Å²) in [6, 6.07) is 12.7. The minimum absolute atomic E-state index is 0.00655. The van der Waals surface area contributed by atoms with Gasteiger partial charge in [-0.1, -0.05) is 23.5 Å². The highest BCUT2D eigenvalue weighted by Gasteiger charge is 2.24. The Morgan fingerprint density at radius 1 is 1.14 bits per heavy atom.